The first-order valence-electron chi connectivity index (χ1n) is 9.62. The van der Waals surface area contributed by atoms with Crippen LogP contribution in [0.3, 0.4) is 0 Å². The zero-order valence-corrected chi connectivity index (χ0v) is 17.0. The molecule has 2 rings (SSSR count). The quantitative estimate of drug-likeness (QED) is 0.486. The number of allylic oxidation sites excluding steroid dienone is 1. The minimum absolute atomic E-state index is 0.205. The molecule has 148 valence electrons. The molecule has 0 fully saturated rings. The molecule has 0 bridgehead atoms. The van der Waals surface area contributed by atoms with Crippen LogP contribution in [0.2, 0.25) is 0 Å². The highest BCUT2D eigenvalue weighted by atomic mass is 16.6. The van der Waals surface area contributed by atoms with Crippen molar-refractivity contribution in [1.82, 2.24) is 0 Å². The number of carbonyl (C=O) groups is 2. The first-order chi connectivity index (χ1) is 13.5. The Labute approximate surface area is 167 Å². The zero-order chi connectivity index (χ0) is 20.5. The fourth-order valence-corrected chi connectivity index (χ4v) is 3.19. The van der Waals surface area contributed by atoms with Crippen LogP contribution in [-0.4, -0.2) is 25.2 Å². The maximum Gasteiger partial charge on any atom is 0.321 e. The van der Waals surface area contributed by atoms with Gasteiger partial charge in [0.2, 0.25) is 0 Å². The molecule has 2 aromatic rings. The standard InChI is InChI=1S/C24H28O4/c1-5-27-23(25)22(24(26)28-6-2)21(20-14-10-8-12-18(20)4)16-15-19-13-9-7-11-17(19)3/h7-16,21-22H,5-6H2,1-4H3/b16-15+. The Kier molecular flexibility index (Phi) is 8.00. The Bertz CT molecular complexity index is 820. The summed E-state index contributed by atoms with van der Waals surface area (Å²) >= 11 is 0. The van der Waals surface area contributed by atoms with Gasteiger partial charge in [-0.15, -0.1) is 0 Å². The third-order valence-electron chi connectivity index (χ3n) is 4.66. The fourth-order valence-electron chi connectivity index (χ4n) is 3.19. The molecule has 0 aliphatic heterocycles. The van der Waals surface area contributed by atoms with E-state index in [0.29, 0.717) is 0 Å². The van der Waals surface area contributed by atoms with E-state index in [1.165, 1.54) is 0 Å². The lowest BCUT2D eigenvalue weighted by atomic mass is 9.83. The second kappa shape index (κ2) is 10.5. The summed E-state index contributed by atoms with van der Waals surface area (Å²) < 4.78 is 10.4. The Morgan fingerprint density at radius 2 is 1.39 bits per heavy atom. The fraction of sp³-hybridized carbons (Fsp3) is 0.333. The molecule has 0 saturated heterocycles. The number of rotatable bonds is 8. The minimum atomic E-state index is -1.05. The number of esters is 2. The summed E-state index contributed by atoms with van der Waals surface area (Å²) in [6.07, 6.45) is 3.86. The maximum atomic E-state index is 12.7. The van der Waals surface area contributed by atoms with Crippen molar-refractivity contribution in [3.05, 3.63) is 76.9 Å². The number of aryl methyl sites for hydroxylation is 2. The van der Waals surface area contributed by atoms with Crippen LogP contribution in [0.15, 0.2) is 54.6 Å². The van der Waals surface area contributed by atoms with Crippen molar-refractivity contribution >= 4 is 18.0 Å². The van der Waals surface area contributed by atoms with Crippen LogP contribution in [0, 0.1) is 19.8 Å². The monoisotopic (exact) mass is 380 g/mol. The predicted molar refractivity (Wildman–Crippen MR) is 111 cm³/mol. The molecule has 2 aromatic carbocycles. The molecule has 0 saturated carbocycles. The first kappa shape index (κ1) is 21.4. The van der Waals surface area contributed by atoms with E-state index in [2.05, 4.69) is 0 Å². The Hall–Kier alpha value is -2.88. The van der Waals surface area contributed by atoms with Crippen molar-refractivity contribution in [1.29, 1.82) is 0 Å². The van der Waals surface area contributed by atoms with E-state index >= 15 is 0 Å². The van der Waals surface area contributed by atoms with E-state index < -0.39 is 23.8 Å². The van der Waals surface area contributed by atoms with Gasteiger partial charge in [-0.2, -0.15) is 0 Å². The van der Waals surface area contributed by atoms with Crippen molar-refractivity contribution in [2.45, 2.75) is 33.6 Å². The van der Waals surface area contributed by atoms with E-state index in [0.717, 1.165) is 22.3 Å². The highest BCUT2D eigenvalue weighted by Crippen LogP contribution is 2.32. The lowest BCUT2D eigenvalue weighted by Crippen LogP contribution is -2.33. The van der Waals surface area contributed by atoms with Gasteiger partial charge in [0.25, 0.3) is 0 Å². The summed E-state index contributed by atoms with van der Waals surface area (Å²) in [4.78, 5) is 25.4. The first-order valence-corrected chi connectivity index (χ1v) is 9.62. The Morgan fingerprint density at radius 1 is 0.857 bits per heavy atom. The number of hydrogen-bond donors (Lipinski definition) is 0. The van der Waals surface area contributed by atoms with Crippen molar-refractivity contribution in [2.24, 2.45) is 5.92 Å². The van der Waals surface area contributed by atoms with Crippen LogP contribution in [0.4, 0.5) is 0 Å². The maximum absolute atomic E-state index is 12.7. The molecular weight excluding hydrogens is 352 g/mol. The Balaban J connectivity index is 2.54. The number of carbonyl (C=O) groups excluding carboxylic acids is 2. The van der Waals surface area contributed by atoms with E-state index in [1.54, 1.807) is 13.8 Å². The van der Waals surface area contributed by atoms with E-state index in [1.807, 2.05) is 74.5 Å². The average molecular weight is 380 g/mol. The normalized spacial score (nSPS) is 12.2. The van der Waals surface area contributed by atoms with Crippen molar-refractivity contribution in [3.8, 4) is 0 Å². The van der Waals surface area contributed by atoms with Crippen molar-refractivity contribution in [3.63, 3.8) is 0 Å². The molecule has 0 aliphatic carbocycles. The highest BCUT2D eigenvalue weighted by molar-refractivity contribution is 5.96. The van der Waals surface area contributed by atoms with Gasteiger partial charge in [0.05, 0.1) is 13.2 Å². The van der Waals surface area contributed by atoms with Gasteiger partial charge in [-0.25, -0.2) is 0 Å². The topological polar surface area (TPSA) is 52.6 Å². The summed E-state index contributed by atoms with van der Waals surface area (Å²) in [5, 5.41) is 0. The summed E-state index contributed by atoms with van der Waals surface area (Å²) in [6.45, 7) is 7.86. The van der Waals surface area contributed by atoms with Crippen LogP contribution in [0.5, 0.6) is 0 Å². The summed E-state index contributed by atoms with van der Waals surface area (Å²) in [6, 6.07) is 15.7. The molecule has 0 N–H and O–H groups in total. The van der Waals surface area contributed by atoms with E-state index in [-0.39, 0.29) is 13.2 Å². The molecule has 0 aliphatic rings. The largest absolute Gasteiger partial charge is 0.465 e. The van der Waals surface area contributed by atoms with Crippen LogP contribution in [-0.2, 0) is 19.1 Å². The molecule has 0 spiro atoms. The van der Waals surface area contributed by atoms with Crippen LogP contribution in [0.1, 0.15) is 42.0 Å². The third-order valence-corrected chi connectivity index (χ3v) is 4.66. The summed E-state index contributed by atoms with van der Waals surface area (Å²) in [7, 11) is 0. The SMILES string of the molecule is CCOC(=O)C(C(=O)OCC)C(/C=C/c1ccccc1C)c1ccccc1C. The molecule has 4 nitrogen and oxygen atoms in total. The van der Waals surface area contributed by atoms with Crippen LogP contribution in [0.25, 0.3) is 6.08 Å². The molecule has 1 unspecified atom stereocenters. The lowest BCUT2D eigenvalue weighted by Gasteiger charge is -2.23. The number of benzene rings is 2. The molecule has 1 atom stereocenters. The lowest BCUT2D eigenvalue weighted by molar-refractivity contribution is -0.162. The zero-order valence-electron chi connectivity index (χ0n) is 17.0. The molecular formula is C24H28O4. The van der Waals surface area contributed by atoms with Gasteiger partial charge in [0, 0.05) is 5.92 Å². The molecule has 28 heavy (non-hydrogen) atoms. The van der Waals surface area contributed by atoms with Crippen LogP contribution < -0.4 is 0 Å². The Morgan fingerprint density at radius 3 is 1.93 bits per heavy atom. The average Bonchev–Trinajstić information content (AvgIpc) is 2.67. The van der Waals surface area contributed by atoms with Gasteiger partial charge in [-0.05, 0) is 49.9 Å². The third kappa shape index (κ3) is 5.32. The van der Waals surface area contributed by atoms with Gasteiger partial charge in [-0.3, -0.25) is 9.59 Å². The van der Waals surface area contributed by atoms with Crippen molar-refractivity contribution in [2.75, 3.05) is 13.2 Å². The molecule has 0 amide bonds. The van der Waals surface area contributed by atoms with E-state index in [9.17, 15) is 9.59 Å². The van der Waals surface area contributed by atoms with Crippen LogP contribution >= 0.6 is 0 Å². The van der Waals surface area contributed by atoms with Gasteiger partial charge in [-0.1, -0.05) is 60.7 Å². The van der Waals surface area contributed by atoms with Gasteiger partial charge < -0.3 is 9.47 Å². The smallest absolute Gasteiger partial charge is 0.321 e. The second-order valence-electron chi connectivity index (χ2n) is 6.58. The number of hydrogen-bond acceptors (Lipinski definition) is 4. The summed E-state index contributed by atoms with van der Waals surface area (Å²) in [5.41, 5.74) is 4.05. The number of ether oxygens (including phenoxy) is 2. The van der Waals surface area contributed by atoms with E-state index in [4.69, 9.17) is 9.47 Å². The molecule has 0 aromatic heterocycles. The molecule has 4 heteroatoms. The highest BCUT2D eigenvalue weighted by Gasteiger charge is 2.37. The molecule has 0 radical (unpaired) electrons. The second-order valence-corrected chi connectivity index (χ2v) is 6.58. The van der Waals surface area contributed by atoms with Gasteiger partial charge in [0.1, 0.15) is 0 Å². The molecule has 0 heterocycles. The minimum Gasteiger partial charge on any atom is -0.465 e. The van der Waals surface area contributed by atoms with Gasteiger partial charge in [0.15, 0.2) is 5.92 Å². The van der Waals surface area contributed by atoms with Gasteiger partial charge >= 0.3 is 11.9 Å². The van der Waals surface area contributed by atoms with Crippen molar-refractivity contribution < 1.29 is 19.1 Å². The summed E-state index contributed by atoms with van der Waals surface area (Å²) in [5.74, 6) is -2.67. The predicted octanol–water partition coefficient (Wildman–Crippen LogP) is 4.84.